The molecule has 29 heavy (non-hydrogen) atoms. The highest BCUT2D eigenvalue weighted by atomic mass is 35.5. The molecule has 0 saturated heterocycles. The molecule has 1 aromatic heterocycles. The van der Waals surface area contributed by atoms with E-state index in [2.05, 4.69) is 5.32 Å². The predicted molar refractivity (Wildman–Crippen MR) is 107 cm³/mol. The highest BCUT2D eigenvalue weighted by Gasteiger charge is 2.14. The zero-order valence-corrected chi connectivity index (χ0v) is 16.1. The molecule has 0 radical (unpaired) electrons. The van der Waals surface area contributed by atoms with Crippen LogP contribution in [0.2, 0.25) is 5.02 Å². The number of non-ortho nitro benzene ring substituents is 1. The fourth-order valence-electron chi connectivity index (χ4n) is 2.44. The third-order valence-corrected chi connectivity index (χ3v) is 4.12. The summed E-state index contributed by atoms with van der Waals surface area (Å²) in [6.45, 7) is 2.41. The Balaban J connectivity index is 1.61. The van der Waals surface area contributed by atoms with Crippen molar-refractivity contribution in [3.63, 3.8) is 0 Å². The molecule has 0 bridgehead atoms. The van der Waals surface area contributed by atoms with E-state index in [1.54, 1.807) is 30.3 Å². The van der Waals surface area contributed by atoms with Gasteiger partial charge in [0.05, 0.1) is 22.6 Å². The smallest absolute Gasteiger partial charge is 0.291 e. The van der Waals surface area contributed by atoms with Gasteiger partial charge >= 0.3 is 0 Å². The Morgan fingerprint density at radius 1 is 1.14 bits per heavy atom. The van der Waals surface area contributed by atoms with Crippen molar-refractivity contribution in [2.24, 2.45) is 0 Å². The van der Waals surface area contributed by atoms with Crippen LogP contribution in [0.5, 0.6) is 11.5 Å². The lowest BCUT2D eigenvalue weighted by Crippen LogP contribution is -2.10. The molecule has 0 atom stereocenters. The number of carbonyl (C=O) groups excluding carboxylic acids is 1. The van der Waals surface area contributed by atoms with Crippen LogP contribution in [0, 0.1) is 10.1 Å². The van der Waals surface area contributed by atoms with Crippen LogP contribution >= 0.6 is 11.6 Å². The van der Waals surface area contributed by atoms with Gasteiger partial charge < -0.3 is 19.2 Å². The summed E-state index contributed by atoms with van der Waals surface area (Å²) in [7, 11) is 0. The number of nitrogens with one attached hydrogen (secondary N) is 1. The summed E-state index contributed by atoms with van der Waals surface area (Å²) in [5.41, 5.74) is 0.454. The highest BCUT2D eigenvalue weighted by Crippen LogP contribution is 2.29. The van der Waals surface area contributed by atoms with Gasteiger partial charge in [-0.3, -0.25) is 14.9 Å². The number of furan rings is 1. The van der Waals surface area contributed by atoms with E-state index in [0.717, 1.165) is 0 Å². The third-order valence-electron chi connectivity index (χ3n) is 3.80. The summed E-state index contributed by atoms with van der Waals surface area (Å²) in [6, 6.07) is 13.9. The van der Waals surface area contributed by atoms with Crippen LogP contribution in [0.15, 0.2) is 59.0 Å². The number of halogens is 1. The van der Waals surface area contributed by atoms with E-state index in [1.165, 1.54) is 24.3 Å². The normalized spacial score (nSPS) is 10.4. The maximum atomic E-state index is 12.3. The number of nitro benzene ring substituents is 1. The van der Waals surface area contributed by atoms with E-state index >= 15 is 0 Å². The van der Waals surface area contributed by atoms with Crippen LogP contribution in [0.4, 0.5) is 11.4 Å². The van der Waals surface area contributed by atoms with Gasteiger partial charge in [0, 0.05) is 11.8 Å². The molecule has 0 unspecified atom stereocenters. The number of hydrogen-bond donors (Lipinski definition) is 1. The summed E-state index contributed by atoms with van der Waals surface area (Å²) >= 11 is 5.99. The van der Waals surface area contributed by atoms with E-state index in [0.29, 0.717) is 23.8 Å². The van der Waals surface area contributed by atoms with Gasteiger partial charge in [-0.2, -0.15) is 0 Å². The molecular formula is C20H17ClN2O6. The Kier molecular flexibility index (Phi) is 6.36. The molecule has 1 N–H and O–H groups in total. The Morgan fingerprint density at radius 2 is 1.90 bits per heavy atom. The standard InChI is InChI=1S/C20H17ClN2O6/c1-2-27-15-6-3-13(4-7-15)22-20(24)18-10-8-16(29-18)12-28-19-11-14(23(25)26)5-9-17(19)21/h3-11H,2,12H2,1H3,(H,22,24). The van der Waals surface area contributed by atoms with Crippen molar-refractivity contribution in [3.05, 3.63) is 81.3 Å². The number of anilines is 1. The van der Waals surface area contributed by atoms with Gasteiger partial charge in [-0.15, -0.1) is 0 Å². The van der Waals surface area contributed by atoms with Gasteiger partial charge in [0.1, 0.15) is 23.9 Å². The molecule has 0 spiro atoms. The molecule has 0 aliphatic carbocycles. The number of hydrogen-bond acceptors (Lipinski definition) is 6. The van der Waals surface area contributed by atoms with E-state index in [9.17, 15) is 14.9 Å². The largest absolute Gasteiger partial charge is 0.494 e. The second kappa shape index (κ2) is 9.11. The molecule has 9 heteroatoms. The van der Waals surface area contributed by atoms with E-state index in [4.69, 9.17) is 25.5 Å². The highest BCUT2D eigenvalue weighted by molar-refractivity contribution is 6.32. The molecule has 3 aromatic rings. The van der Waals surface area contributed by atoms with Crippen LogP contribution in [0.1, 0.15) is 23.2 Å². The monoisotopic (exact) mass is 416 g/mol. The lowest BCUT2D eigenvalue weighted by atomic mass is 10.3. The minimum atomic E-state index is -0.542. The SMILES string of the molecule is CCOc1ccc(NC(=O)c2ccc(COc3cc([N+](=O)[O-])ccc3Cl)o2)cc1. The number of amides is 1. The predicted octanol–water partition coefficient (Wildman–Crippen LogP) is 5.07. The van der Waals surface area contributed by atoms with Gasteiger partial charge in [0.15, 0.2) is 5.76 Å². The molecule has 0 aliphatic heterocycles. The topological polar surface area (TPSA) is 104 Å². The van der Waals surface area contributed by atoms with Crippen molar-refractivity contribution in [2.45, 2.75) is 13.5 Å². The lowest BCUT2D eigenvalue weighted by molar-refractivity contribution is -0.384. The molecule has 3 rings (SSSR count). The van der Waals surface area contributed by atoms with Crippen LogP contribution in [0.3, 0.4) is 0 Å². The van der Waals surface area contributed by atoms with Crippen molar-refractivity contribution in [1.29, 1.82) is 0 Å². The van der Waals surface area contributed by atoms with Gasteiger partial charge in [-0.05, 0) is 49.4 Å². The zero-order chi connectivity index (χ0) is 20.8. The van der Waals surface area contributed by atoms with Gasteiger partial charge in [-0.1, -0.05) is 11.6 Å². The van der Waals surface area contributed by atoms with Crippen molar-refractivity contribution in [1.82, 2.24) is 0 Å². The molecule has 0 fully saturated rings. The first-order valence-electron chi connectivity index (χ1n) is 8.66. The molecule has 1 amide bonds. The first kappa shape index (κ1) is 20.2. The maximum absolute atomic E-state index is 12.3. The van der Waals surface area contributed by atoms with Crippen molar-refractivity contribution >= 4 is 28.9 Å². The summed E-state index contributed by atoms with van der Waals surface area (Å²) in [4.78, 5) is 22.6. The number of nitro groups is 1. The van der Waals surface area contributed by atoms with Gasteiger partial charge in [0.25, 0.3) is 11.6 Å². The minimum Gasteiger partial charge on any atom is -0.494 e. The summed E-state index contributed by atoms with van der Waals surface area (Å²) < 4.78 is 16.3. The van der Waals surface area contributed by atoms with Crippen molar-refractivity contribution in [3.8, 4) is 11.5 Å². The van der Waals surface area contributed by atoms with E-state index in [1.807, 2.05) is 6.92 Å². The van der Waals surface area contributed by atoms with Gasteiger partial charge in [0.2, 0.25) is 0 Å². The first-order chi connectivity index (χ1) is 14.0. The number of ether oxygens (including phenoxy) is 2. The van der Waals surface area contributed by atoms with Gasteiger partial charge in [-0.25, -0.2) is 0 Å². The van der Waals surface area contributed by atoms with Crippen LogP contribution < -0.4 is 14.8 Å². The second-order valence-corrected chi connectivity index (χ2v) is 6.25. The first-order valence-corrected chi connectivity index (χ1v) is 9.03. The van der Waals surface area contributed by atoms with Crippen LogP contribution in [-0.4, -0.2) is 17.4 Å². The van der Waals surface area contributed by atoms with E-state index < -0.39 is 10.8 Å². The summed E-state index contributed by atoms with van der Waals surface area (Å²) in [5.74, 6) is 0.904. The van der Waals surface area contributed by atoms with Crippen LogP contribution in [0.25, 0.3) is 0 Å². The number of carbonyl (C=O) groups is 1. The molecule has 8 nitrogen and oxygen atoms in total. The Bertz CT molecular complexity index is 1020. The van der Waals surface area contributed by atoms with Crippen LogP contribution in [-0.2, 0) is 6.61 Å². The summed E-state index contributed by atoms with van der Waals surface area (Å²) in [6.07, 6.45) is 0. The quantitative estimate of drug-likeness (QED) is 0.406. The minimum absolute atomic E-state index is 0.0444. The number of nitrogens with zero attached hydrogens (tertiary/aromatic N) is 1. The molecule has 0 aliphatic rings. The average Bonchev–Trinajstić information content (AvgIpc) is 3.18. The van der Waals surface area contributed by atoms with E-state index in [-0.39, 0.29) is 28.8 Å². The number of rotatable bonds is 8. The Hall–Kier alpha value is -3.52. The second-order valence-electron chi connectivity index (χ2n) is 5.84. The Morgan fingerprint density at radius 3 is 2.59 bits per heavy atom. The Labute approximate surface area is 171 Å². The lowest BCUT2D eigenvalue weighted by Gasteiger charge is -2.07. The molecule has 1 heterocycles. The molecule has 0 saturated carbocycles. The zero-order valence-electron chi connectivity index (χ0n) is 15.4. The average molecular weight is 417 g/mol. The van der Waals surface area contributed by atoms with Crippen molar-refractivity contribution in [2.75, 3.05) is 11.9 Å². The maximum Gasteiger partial charge on any atom is 0.291 e. The fourth-order valence-corrected chi connectivity index (χ4v) is 2.61. The summed E-state index contributed by atoms with van der Waals surface area (Å²) in [5, 5.41) is 13.8. The molecule has 150 valence electrons. The molecular weight excluding hydrogens is 400 g/mol. The molecule has 2 aromatic carbocycles. The van der Waals surface area contributed by atoms with Crippen molar-refractivity contribution < 1.29 is 23.6 Å². The fraction of sp³-hybridized carbons (Fsp3) is 0.150. The number of benzene rings is 2. The third kappa shape index (κ3) is 5.26.